The number of hydrogen-bond donors (Lipinski definition) is 1. The Bertz CT molecular complexity index is 734. The van der Waals surface area contributed by atoms with Gasteiger partial charge in [0.15, 0.2) is 0 Å². The number of rotatable bonds is 2. The normalized spacial score (nSPS) is 21.7. The van der Waals surface area contributed by atoms with E-state index in [0.717, 1.165) is 29.0 Å². The van der Waals surface area contributed by atoms with Gasteiger partial charge in [0.25, 0.3) is 0 Å². The SMILES string of the molecule is COc1cccc2c1CC1(CCN(C(=O)O)CC1)/C2=N/[S+]([O-])C(C)(C)C. The van der Waals surface area contributed by atoms with Gasteiger partial charge in [-0.2, -0.15) is 0 Å². The van der Waals surface area contributed by atoms with Crippen LogP contribution in [0, 0.1) is 5.41 Å². The summed E-state index contributed by atoms with van der Waals surface area (Å²) in [5.41, 5.74) is 2.66. The van der Waals surface area contributed by atoms with E-state index in [9.17, 15) is 14.5 Å². The quantitative estimate of drug-likeness (QED) is 0.801. The number of hydrogen-bond acceptors (Lipinski definition) is 4. The summed E-state index contributed by atoms with van der Waals surface area (Å²) in [6.07, 6.45) is 1.22. The highest BCUT2D eigenvalue weighted by Crippen LogP contribution is 2.48. The Balaban J connectivity index is 2.04. The summed E-state index contributed by atoms with van der Waals surface area (Å²) < 4.78 is 22.5. The van der Waals surface area contributed by atoms with Gasteiger partial charge < -0.3 is 19.3 Å². The lowest BCUT2D eigenvalue weighted by molar-refractivity contribution is 0.114. The van der Waals surface area contributed by atoms with Crippen LogP contribution in [0.5, 0.6) is 5.75 Å². The molecule has 142 valence electrons. The van der Waals surface area contributed by atoms with Gasteiger partial charge in [0.2, 0.25) is 0 Å². The maximum absolute atomic E-state index is 12.8. The molecule has 0 bridgehead atoms. The van der Waals surface area contributed by atoms with Gasteiger partial charge in [-0.3, -0.25) is 0 Å². The van der Waals surface area contributed by atoms with Crippen molar-refractivity contribution in [3.63, 3.8) is 0 Å². The van der Waals surface area contributed by atoms with Crippen LogP contribution in [0.25, 0.3) is 0 Å². The van der Waals surface area contributed by atoms with Gasteiger partial charge in [-0.1, -0.05) is 16.5 Å². The number of likely N-dealkylation sites (tertiary alicyclic amines) is 1. The van der Waals surface area contributed by atoms with E-state index in [1.54, 1.807) is 7.11 Å². The zero-order chi connectivity index (χ0) is 19.1. The molecule has 1 aromatic carbocycles. The van der Waals surface area contributed by atoms with Crippen molar-refractivity contribution in [1.29, 1.82) is 0 Å². The van der Waals surface area contributed by atoms with E-state index in [1.165, 1.54) is 4.90 Å². The number of carboxylic acid groups (broad SMARTS) is 1. The second kappa shape index (κ2) is 6.78. The monoisotopic (exact) mass is 378 g/mol. The lowest BCUT2D eigenvalue weighted by Gasteiger charge is -2.38. The molecule has 1 aliphatic carbocycles. The molecule has 1 atom stereocenters. The highest BCUT2D eigenvalue weighted by Gasteiger charge is 2.49. The molecule has 6 nitrogen and oxygen atoms in total. The topological polar surface area (TPSA) is 85.2 Å². The van der Waals surface area contributed by atoms with E-state index < -0.39 is 22.2 Å². The molecule has 1 aliphatic heterocycles. The number of carbonyl (C=O) groups is 1. The fraction of sp³-hybridized carbons (Fsp3) is 0.579. The maximum atomic E-state index is 12.8. The molecule has 1 heterocycles. The maximum Gasteiger partial charge on any atom is 0.407 e. The van der Waals surface area contributed by atoms with Crippen LogP contribution in [0.2, 0.25) is 0 Å². The molecule has 2 aliphatic rings. The minimum atomic E-state index is -1.37. The molecular weight excluding hydrogens is 352 g/mol. The van der Waals surface area contributed by atoms with Crippen molar-refractivity contribution in [3.05, 3.63) is 29.3 Å². The zero-order valence-electron chi connectivity index (χ0n) is 15.7. The summed E-state index contributed by atoms with van der Waals surface area (Å²) in [6.45, 7) is 6.66. The Kier molecular flexibility index (Phi) is 4.96. The Morgan fingerprint density at radius 1 is 1.35 bits per heavy atom. The summed E-state index contributed by atoms with van der Waals surface area (Å²) in [5.74, 6) is 0.814. The van der Waals surface area contributed by atoms with E-state index in [1.807, 2.05) is 39.0 Å². The third kappa shape index (κ3) is 3.30. The smallest absolute Gasteiger partial charge is 0.407 e. The van der Waals surface area contributed by atoms with Crippen molar-refractivity contribution in [3.8, 4) is 5.75 Å². The fourth-order valence-corrected chi connectivity index (χ4v) is 4.51. The highest BCUT2D eigenvalue weighted by atomic mass is 32.2. The van der Waals surface area contributed by atoms with Crippen molar-refractivity contribution in [2.45, 2.75) is 44.8 Å². The second-order valence-corrected chi connectivity index (χ2v) is 9.92. The van der Waals surface area contributed by atoms with Gasteiger partial charge in [-0.15, -0.1) is 0 Å². The van der Waals surface area contributed by atoms with Crippen molar-refractivity contribution in [2.75, 3.05) is 20.2 Å². The number of fused-ring (bicyclic) bond motifs is 1. The molecule has 7 heteroatoms. The number of amides is 1. The van der Waals surface area contributed by atoms with Crippen molar-refractivity contribution in [2.24, 2.45) is 9.81 Å². The van der Waals surface area contributed by atoms with Crippen LogP contribution in [0.1, 0.15) is 44.7 Å². The van der Waals surface area contributed by atoms with Crippen LogP contribution in [0.15, 0.2) is 22.6 Å². The first kappa shape index (κ1) is 19.0. The van der Waals surface area contributed by atoms with E-state index in [0.29, 0.717) is 25.9 Å². The predicted octanol–water partition coefficient (Wildman–Crippen LogP) is 3.26. The minimum absolute atomic E-state index is 0.274. The van der Waals surface area contributed by atoms with Crippen LogP contribution in [-0.4, -0.2) is 51.3 Å². The summed E-state index contributed by atoms with van der Waals surface area (Å²) in [5, 5.41) is 9.27. The molecule has 1 amide bonds. The van der Waals surface area contributed by atoms with Gasteiger partial charge in [0.1, 0.15) is 27.6 Å². The summed E-state index contributed by atoms with van der Waals surface area (Å²) in [7, 11) is 1.65. The number of methoxy groups -OCH3 is 1. The Hall–Kier alpha value is -1.73. The average molecular weight is 378 g/mol. The molecule has 1 fully saturated rings. The van der Waals surface area contributed by atoms with Gasteiger partial charge in [-0.05, 0) is 46.1 Å². The Morgan fingerprint density at radius 3 is 2.54 bits per heavy atom. The third-order valence-electron chi connectivity index (χ3n) is 5.31. The number of benzene rings is 1. The molecule has 0 aromatic heterocycles. The van der Waals surface area contributed by atoms with E-state index in [-0.39, 0.29) is 5.41 Å². The van der Waals surface area contributed by atoms with Crippen LogP contribution in [0.3, 0.4) is 0 Å². The first-order valence-electron chi connectivity index (χ1n) is 8.83. The number of ether oxygens (including phenoxy) is 1. The summed E-state index contributed by atoms with van der Waals surface area (Å²) in [4.78, 5) is 12.7. The molecule has 1 N–H and O–H groups in total. The number of nitrogens with zero attached hydrogens (tertiary/aromatic N) is 2. The van der Waals surface area contributed by atoms with Gasteiger partial charge in [0.05, 0.1) is 7.11 Å². The molecule has 3 rings (SSSR count). The van der Waals surface area contributed by atoms with Gasteiger partial charge in [-0.25, -0.2) is 4.79 Å². The number of piperidine rings is 1. The van der Waals surface area contributed by atoms with E-state index in [4.69, 9.17) is 4.74 Å². The summed E-state index contributed by atoms with van der Waals surface area (Å²) in [6, 6.07) is 5.87. The van der Waals surface area contributed by atoms with E-state index >= 15 is 0 Å². The molecule has 1 aromatic rings. The largest absolute Gasteiger partial charge is 0.591 e. The van der Waals surface area contributed by atoms with Gasteiger partial charge >= 0.3 is 6.09 Å². The Labute approximate surface area is 157 Å². The molecule has 0 saturated carbocycles. The van der Waals surface area contributed by atoms with Crippen LogP contribution >= 0.6 is 0 Å². The molecule has 26 heavy (non-hydrogen) atoms. The van der Waals surface area contributed by atoms with Crippen molar-refractivity contribution >= 4 is 23.2 Å². The molecule has 1 unspecified atom stereocenters. The predicted molar refractivity (Wildman–Crippen MR) is 102 cm³/mol. The lowest BCUT2D eigenvalue weighted by Crippen LogP contribution is -2.45. The van der Waals surface area contributed by atoms with E-state index in [2.05, 4.69) is 4.40 Å². The minimum Gasteiger partial charge on any atom is -0.591 e. The molecule has 1 saturated heterocycles. The first-order valence-corrected chi connectivity index (χ1v) is 9.94. The third-order valence-corrected chi connectivity index (χ3v) is 6.71. The zero-order valence-corrected chi connectivity index (χ0v) is 16.6. The lowest BCUT2D eigenvalue weighted by atomic mass is 9.74. The van der Waals surface area contributed by atoms with Crippen molar-refractivity contribution < 1.29 is 19.2 Å². The second-order valence-electron chi connectivity index (χ2n) is 8.01. The fourth-order valence-electron chi connectivity index (χ4n) is 3.77. The standard InChI is InChI=1S/C19H26N2O4S/c1-18(2,3)26(24)20-16-13-6-5-7-15(25-4)14(13)12-19(16)8-10-21(11-9-19)17(22)23/h5-7H,8-12H2,1-4H3,(H,22,23)/b20-16+. The average Bonchev–Trinajstić information content (AvgIpc) is 2.87. The van der Waals surface area contributed by atoms with Crippen molar-refractivity contribution in [1.82, 2.24) is 4.90 Å². The van der Waals surface area contributed by atoms with Gasteiger partial charge in [0, 0.05) is 29.6 Å². The van der Waals surface area contributed by atoms with Crippen LogP contribution in [0.4, 0.5) is 4.79 Å². The van der Waals surface area contributed by atoms with Crippen LogP contribution in [-0.2, 0) is 17.8 Å². The molecular formula is C19H26N2O4S. The molecule has 0 radical (unpaired) electrons. The summed E-state index contributed by atoms with van der Waals surface area (Å²) >= 11 is -1.37. The molecule has 1 spiro atoms. The first-order chi connectivity index (χ1) is 12.2. The Morgan fingerprint density at radius 2 is 2.00 bits per heavy atom. The highest BCUT2D eigenvalue weighted by molar-refractivity contribution is 7.91. The van der Waals surface area contributed by atoms with Crippen LogP contribution < -0.4 is 4.74 Å².